The van der Waals surface area contributed by atoms with Crippen molar-refractivity contribution in [3.63, 3.8) is 0 Å². The molecule has 3 rings (SSSR count). The number of amides is 1. The molecule has 2 aliphatic heterocycles. The van der Waals surface area contributed by atoms with E-state index in [1.807, 2.05) is 17.0 Å². The molecule has 0 aliphatic carbocycles. The van der Waals surface area contributed by atoms with Crippen molar-refractivity contribution in [2.24, 2.45) is 0 Å². The molecule has 2 atom stereocenters. The Morgan fingerprint density at radius 1 is 1.25 bits per heavy atom. The molecule has 0 radical (unpaired) electrons. The van der Waals surface area contributed by atoms with E-state index in [-0.39, 0.29) is 12.5 Å². The quantitative estimate of drug-likeness (QED) is 0.591. The number of benzene rings is 1. The number of carbonyl (C=O) groups is 1. The van der Waals surface area contributed by atoms with E-state index in [0.717, 1.165) is 11.8 Å². The van der Waals surface area contributed by atoms with Gasteiger partial charge < -0.3 is 19.5 Å². The monoisotopic (exact) mass is 413 g/mol. The largest absolute Gasteiger partial charge is 0.484 e. The summed E-state index contributed by atoms with van der Waals surface area (Å²) < 4.78 is 36.0. The summed E-state index contributed by atoms with van der Waals surface area (Å²) in [6, 6.07) is 6.92. The summed E-state index contributed by atoms with van der Waals surface area (Å²) in [5, 5.41) is 10.0. The summed E-state index contributed by atoms with van der Waals surface area (Å²) in [5.74, 6) is 0.561. The van der Waals surface area contributed by atoms with Gasteiger partial charge >= 0.3 is 0 Å². The second kappa shape index (κ2) is 9.19. The number of aliphatic hydroxyl groups excluding tert-OH is 1. The standard InChI is InChI=1S/C18H27N3O6S/c1-28(24,25)19-16-11-20(12-17(16)22)10-14-2-4-15(5-3-14)27-13-18(23)21-6-8-26-9-7-21/h2-5,16-17,19,22H,6-13H2,1H3/t16-,17-/m1/s1. The molecule has 9 nitrogen and oxygen atoms in total. The fraction of sp³-hybridized carbons (Fsp3) is 0.611. The lowest BCUT2D eigenvalue weighted by Crippen LogP contribution is -2.42. The van der Waals surface area contributed by atoms with Crippen molar-refractivity contribution in [1.29, 1.82) is 0 Å². The number of carbonyl (C=O) groups excluding carboxylic acids is 1. The Balaban J connectivity index is 1.46. The molecule has 2 N–H and O–H groups in total. The van der Waals surface area contributed by atoms with E-state index in [1.54, 1.807) is 17.0 Å². The summed E-state index contributed by atoms with van der Waals surface area (Å²) >= 11 is 0. The number of rotatable bonds is 7. The Bertz CT molecular complexity index is 764. The van der Waals surface area contributed by atoms with Crippen LogP contribution >= 0.6 is 0 Å². The molecule has 1 aromatic carbocycles. The van der Waals surface area contributed by atoms with Gasteiger partial charge in [-0.05, 0) is 17.7 Å². The van der Waals surface area contributed by atoms with Gasteiger partial charge in [-0.25, -0.2) is 13.1 Å². The number of nitrogens with zero attached hydrogens (tertiary/aromatic N) is 2. The molecule has 0 bridgehead atoms. The van der Waals surface area contributed by atoms with Crippen LogP contribution in [0, 0.1) is 0 Å². The highest BCUT2D eigenvalue weighted by atomic mass is 32.2. The topological polar surface area (TPSA) is 108 Å². The Morgan fingerprint density at radius 2 is 1.93 bits per heavy atom. The van der Waals surface area contributed by atoms with Gasteiger partial charge in [0.1, 0.15) is 5.75 Å². The van der Waals surface area contributed by atoms with Crippen molar-refractivity contribution >= 4 is 15.9 Å². The summed E-state index contributed by atoms with van der Waals surface area (Å²) in [7, 11) is -3.36. The smallest absolute Gasteiger partial charge is 0.260 e. The number of β-amino-alcohol motifs (C(OH)–C–C–N with tert-alkyl or cyclic N) is 1. The number of hydrogen-bond donors (Lipinski definition) is 2. The number of likely N-dealkylation sites (tertiary alicyclic amines) is 1. The van der Waals surface area contributed by atoms with Crippen molar-refractivity contribution in [2.45, 2.75) is 18.7 Å². The van der Waals surface area contributed by atoms with Crippen LogP contribution in [0.4, 0.5) is 0 Å². The fourth-order valence-corrected chi connectivity index (χ4v) is 4.17. The molecular formula is C18H27N3O6S. The average molecular weight is 413 g/mol. The van der Waals surface area contributed by atoms with Crippen molar-refractivity contribution in [3.8, 4) is 5.75 Å². The molecule has 2 heterocycles. The first kappa shape index (κ1) is 21.0. The van der Waals surface area contributed by atoms with Crippen LogP contribution in [0.1, 0.15) is 5.56 Å². The van der Waals surface area contributed by atoms with E-state index in [2.05, 4.69) is 4.72 Å². The molecule has 156 valence electrons. The third-order valence-electron chi connectivity index (χ3n) is 4.79. The lowest BCUT2D eigenvalue weighted by Gasteiger charge is -2.26. The minimum absolute atomic E-state index is 0.00347. The van der Waals surface area contributed by atoms with Crippen molar-refractivity contribution in [3.05, 3.63) is 29.8 Å². The molecule has 0 aromatic heterocycles. The van der Waals surface area contributed by atoms with Crippen LogP contribution in [0.3, 0.4) is 0 Å². The zero-order chi connectivity index (χ0) is 20.1. The zero-order valence-corrected chi connectivity index (χ0v) is 16.7. The highest BCUT2D eigenvalue weighted by Crippen LogP contribution is 2.18. The molecule has 1 amide bonds. The zero-order valence-electron chi connectivity index (χ0n) is 15.9. The molecule has 0 spiro atoms. The van der Waals surface area contributed by atoms with Crippen molar-refractivity contribution in [1.82, 2.24) is 14.5 Å². The number of hydrogen-bond acceptors (Lipinski definition) is 7. The highest BCUT2D eigenvalue weighted by molar-refractivity contribution is 7.88. The minimum Gasteiger partial charge on any atom is -0.484 e. The maximum atomic E-state index is 12.1. The molecule has 0 unspecified atom stereocenters. The maximum Gasteiger partial charge on any atom is 0.260 e. The molecule has 2 fully saturated rings. The van der Waals surface area contributed by atoms with E-state index >= 15 is 0 Å². The van der Waals surface area contributed by atoms with Gasteiger partial charge in [0.25, 0.3) is 5.91 Å². The lowest BCUT2D eigenvalue weighted by atomic mass is 10.2. The number of nitrogens with one attached hydrogen (secondary N) is 1. The molecule has 28 heavy (non-hydrogen) atoms. The van der Waals surface area contributed by atoms with E-state index < -0.39 is 22.2 Å². The third kappa shape index (κ3) is 6.14. The Kier molecular flexibility index (Phi) is 6.89. The van der Waals surface area contributed by atoms with Gasteiger partial charge in [-0.2, -0.15) is 0 Å². The Hall–Kier alpha value is -1.72. The van der Waals surface area contributed by atoms with Crippen LogP contribution in [0.2, 0.25) is 0 Å². The first-order chi connectivity index (χ1) is 13.3. The van der Waals surface area contributed by atoms with E-state index in [4.69, 9.17) is 9.47 Å². The molecule has 2 aliphatic rings. The lowest BCUT2D eigenvalue weighted by molar-refractivity contribution is -0.137. The molecule has 10 heteroatoms. The number of morpholine rings is 1. The molecular weight excluding hydrogens is 386 g/mol. The number of ether oxygens (including phenoxy) is 2. The van der Waals surface area contributed by atoms with Gasteiger partial charge in [0, 0.05) is 32.7 Å². The Morgan fingerprint density at radius 3 is 2.57 bits per heavy atom. The number of sulfonamides is 1. The summed E-state index contributed by atoms with van der Waals surface area (Å²) in [6.07, 6.45) is 0.355. The number of aliphatic hydroxyl groups is 1. The summed E-state index contributed by atoms with van der Waals surface area (Å²) in [6.45, 7) is 3.75. The predicted molar refractivity (Wildman–Crippen MR) is 102 cm³/mol. The van der Waals surface area contributed by atoms with Crippen molar-refractivity contribution in [2.75, 3.05) is 52.3 Å². The average Bonchev–Trinajstić information content (AvgIpc) is 2.98. The minimum atomic E-state index is -3.36. The van der Waals surface area contributed by atoms with Crippen LogP contribution in [-0.4, -0.2) is 93.6 Å². The van der Waals surface area contributed by atoms with Crippen molar-refractivity contribution < 1.29 is 27.8 Å². The predicted octanol–water partition coefficient (Wildman–Crippen LogP) is -0.981. The second-order valence-corrected chi connectivity index (χ2v) is 8.96. The van der Waals surface area contributed by atoms with Gasteiger partial charge in [-0.1, -0.05) is 12.1 Å². The second-order valence-electron chi connectivity index (χ2n) is 7.18. The van der Waals surface area contributed by atoms with Gasteiger partial charge in [-0.15, -0.1) is 0 Å². The van der Waals surface area contributed by atoms with Crippen LogP contribution in [0.5, 0.6) is 5.75 Å². The van der Waals surface area contributed by atoms with E-state index in [9.17, 15) is 18.3 Å². The highest BCUT2D eigenvalue weighted by Gasteiger charge is 2.32. The summed E-state index contributed by atoms with van der Waals surface area (Å²) in [4.78, 5) is 15.8. The third-order valence-corrected chi connectivity index (χ3v) is 5.52. The Labute approximate surface area is 165 Å². The van der Waals surface area contributed by atoms with Crippen LogP contribution in [0.15, 0.2) is 24.3 Å². The molecule has 2 saturated heterocycles. The summed E-state index contributed by atoms with van der Waals surface area (Å²) in [5.41, 5.74) is 1.01. The van der Waals surface area contributed by atoms with Crippen LogP contribution in [0.25, 0.3) is 0 Å². The van der Waals surface area contributed by atoms with Gasteiger partial charge in [0.15, 0.2) is 6.61 Å². The normalized spacial score (nSPS) is 23.7. The van der Waals surface area contributed by atoms with Gasteiger partial charge in [-0.3, -0.25) is 9.69 Å². The van der Waals surface area contributed by atoms with Crippen LogP contribution < -0.4 is 9.46 Å². The fourth-order valence-electron chi connectivity index (χ4n) is 3.38. The van der Waals surface area contributed by atoms with Gasteiger partial charge in [0.2, 0.25) is 10.0 Å². The van der Waals surface area contributed by atoms with Gasteiger partial charge in [0.05, 0.1) is 31.6 Å². The molecule has 0 saturated carbocycles. The SMILES string of the molecule is CS(=O)(=O)N[C@@H]1CN(Cc2ccc(OCC(=O)N3CCOCC3)cc2)C[C@H]1O. The van der Waals surface area contributed by atoms with Crippen LogP contribution in [-0.2, 0) is 26.1 Å². The molecule has 1 aromatic rings. The van der Waals surface area contributed by atoms with E-state index in [0.29, 0.717) is 51.7 Å². The van der Waals surface area contributed by atoms with E-state index in [1.165, 1.54) is 0 Å². The first-order valence-corrected chi connectivity index (χ1v) is 11.1. The maximum absolute atomic E-state index is 12.1. The first-order valence-electron chi connectivity index (χ1n) is 9.25.